The summed E-state index contributed by atoms with van der Waals surface area (Å²) in [4.78, 5) is 34.2. The molecule has 0 N–H and O–H groups in total. The number of hydrogen-bond donors (Lipinski definition) is 0. The maximum atomic E-state index is 12.2. The normalized spacial score (nSPS) is 11.5. The van der Waals surface area contributed by atoms with E-state index in [9.17, 15) is 19.7 Å². The van der Waals surface area contributed by atoms with Gasteiger partial charge in [0.15, 0.2) is 0 Å². The standard InChI is InChI=1S/C23H35NO7/c1-3-5-7-8-9-10-11-20(16-17-22(25)29-18-6-4-2)30-23(26)31-21-14-12-19(13-15-21)24(27)28/h12-15,20H,3-11,16-18H2,1-2H3. The van der Waals surface area contributed by atoms with Crippen molar-refractivity contribution in [3.63, 3.8) is 0 Å². The summed E-state index contributed by atoms with van der Waals surface area (Å²) >= 11 is 0. The molecule has 0 aromatic heterocycles. The number of nitro benzene ring substituents is 1. The van der Waals surface area contributed by atoms with Crippen LogP contribution in [0.15, 0.2) is 24.3 Å². The molecule has 0 bridgehead atoms. The molecule has 0 radical (unpaired) electrons. The number of unbranched alkanes of at least 4 members (excludes halogenated alkanes) is 6. The number of carbonyl (C=O) groups is 2. The van der Waals surface area contributed by atoms with Gasteiger partial charge in [0.05, 0.1) is 11.5 Å². The number of hydrogen-bond acceptors (Lipinski definition) is 7. The Balaban J connectivity index is 2.52. The number of esters is 1. The van der Waals surface area contributed by atoms with Crippen molar-refractivity contribution in [2.75, 3.05) is 6.61 Å². The Hall–Kier alpha value is -2.64. The highest BCUT2D eigenvalue weighted by Crippen LogP contribution is 2.20. The van der Waals surface area contributed by atoms with Crippen LogP contribution in [0.5, 0.6) is 5.75 Å². The number of nitrogens with zero attached hydrogens (tertiary/aromatic N) is 1. The molecule has 0 saturated carbocycles. The van der Waals surface area contributed by atoms with Crippen LogP contribution < -0.4 is 4.74 Å². The quantitative estimate of drug-likeness (QED) is 0.0974. The van der Waals surface area contributed by atoms with Crippen LogP contribution in [0.25, 0.3) is 0 Å². The Morgan fingerprint density at radius 2 is 1.58 bits per heavy atom. The highest BCUT2D eigenvalue weighted by Gasteiger charge is 2.18. The van der Waals surface area contributed by atoms with E-state index in [1.54, 1.807) is 0 Å². The van der Waals surface area contributed by atoms with Crippen molar-refractivity contribution in [3.05, 3.63) is 34.4 Å². The first-order valence-corrected chi connectivity index (χ1v) is 11.2. The van der Waals surface area contributed by atoms with Gasteiger partial charge in [-0.1, -0.05) is 52.4 Å². The molecule has 31 heavy (non-hydrogen) atoms. The van der Waals surface area contributed by atoms with Crippen LogP contribution in [-0.2, 0) is 14.3 Å². The average Bonchev–Trinajstić information content (AvgIpc) is 2.74. The lowest BCUT2D eigenvalue weighted by molar-refractivity contribution is -0.384. The van der Waals surface area contributed by atoms with Gasteiger partial charge in [0.1, 0.15) is 11.9 Å². The van der Waals surface area contributed by atoms with Gasteiger partial charge in [0, 0.05) is 18.6 Å². The molecular weight excluding hydrogens is 402 g/mol. The van der Waals surface area contributed by atoms with Crippen LogP contribution in [-0.4, -0.2) is 29.8 Å². The van der Waals surface area contributed by atoms with Gasteiger partial charge in [-0.3, -0.25) is 14.9 Å². The van der Waals surface area contributed by atoms with E-state index >= 15 is 0 Å². The summed E-state index contributed by atoms with van der Waals surface area (Å²) in [5.74, 6) is -0.137. The number of non-ortho nitro benzene ring substituents is 1. The zero-order valence-corrected chi connectivity index (χ0v) is 18.7. The third kappa shape index (κ3) is 12.6. The minimum absolute atomic E-state index is 0.0942. The molecule has 0 fully saturated rings. The third-order valence-corrected chi connectivity index (χ3v) is 4.82. The van der Waals surface area contributed by atoms with E-state index in [1.807, 2.05) is 6.92 Å². The van der Waals surface area contributed by atoms with Crippen molar-refractivity contribution in [2.45, 2.75) is 90.6 Å². The Morgan fingerprint density at radius 1 is 0.935 bits per heavy atom. The molecule has 8 heteroatoms. The first-order chi connectivity index (χ1) is 15.0. The number of carbonyl (C=O) groups excluding carboxylic acids is 2. The molecule has 0 spiro atoms. The predicted molar refractivity (Wildman–Crippen MR) is 117 cm³/mol. The second kappa shape index (κ2) is 16.1. The molecule has 1 aromatic rings. The molecular formula is C23H35NO7. The van der Waals surface area contributed by atoms with Crippen LogP contribution in [0, 0.1) is 10.1 Å². The summed E-state index contributed by atoms with van der Waals surface area (Å²) in [5, 5.41) is 10.7. The van der Waals surface area contributed by atoms with Crippen molar-refractivity contribution in [1.82, 2.24) is 0 Å². The topological polar surface area (TPSA) is 105 Å². The Bertz CT molecular complexity index is 660. The van der Waals surface area contributed by atoms with Crippen LogP contribution in [0.2, 0.25) is 0 Å². The van der Waals surface area contributed by atoms with Gasteiger partial charge in [0.2, 0.25) is 0 Å². The molecule has 174 valence electrons. The Morgan fingerprint density at radius 3 is 2.23 bits per heavy atom. The van der Waals surface area contributed by atoms with Crippen molar-refractivity contribution < 1.29 is 28.7 Å². The second-order valence-electron chi connectivity index (χ2n) is 7.51. The first kappa shape index (κ1) is 26.4. The van der Waals surface area contributed by atoms with E-state index in [0.717, 1.165) is 32.1 Å². The molecule has 0 saturated heterocycles. The highest BCUT2D eigenvalue weighted by atomic mass is 16.7. The third-order valence-electron chi connectivity index (χ3n) is 4.82. The van der Waals surface area contributed by atoms with Gasteiger partial charge in [-0.2, -0.15) is 0 Å². The van der Waals surface area contributed by atoms with E-state index in [1.165, 1.54) is 43.5 Å². The summed E-state index contributed by atoms with van der Waals surface area (Å²) in [6.07, 6.45) is 8.28. The highest BCUT2D eigenvalue weighted by molar-refractivity contribution is 5.69. The Labute approximate surface area is 184 Å². The van der Waals surface area contributed by atoms with Gasteiger partial charge in [-0.05, 0) is 37.8 Å². The minimum atomic E-state index is -0.885. The lowest BCUT2D eigenvalue weighted by atomic mass is 10.0. The zero-order valence-electron chi connectivity index (χ0n) is 18.7. The zero-order chi connectivity index (χ0) is 22.9. The van der Waals surface area contributed by atoms with E-state index in [-0.39, 0.29) is 23.8 Å². The smallest absolute Gasteiger partial charge is 0.466 e. The van der Waals surface area contributed by atoms with E-state index < -0.39 is 17.2 Å². The molecule has 0 aliphatic rings. The van der Waals surface area contributed by atoms with Crippen LogP contribution >= 0.6 is 0 Å². The van der Waals surface area contributed by atoms with Gasteiger partial charge in [-0.15, -0.1) is 0 Å². The molecule has 1 atom stereocenters. The average molecular weight is 438 g/mol. The minimum Gasteiger partial charge on any atom is -0.466 e. The monoisotopic (exact) mass is 437 g/mol. The molecule has 0 heterocycles. The number of rotatable bonds is 16. The summed E-state index contributed by atoms with van der Waals surface area (Å²) in [6.45, 7) is 4.59. The van der Waals surface area contributed by atoms with E-state index in [0.29, 0.717) is 19.4 Å². The summed E-state index contributed by atoms with van der Waals surface area (Å²) in [5.41, 5.74) is -0.0942. The molecule has 0 aliphatic carbocycles. The van der Waals surface area contributed by atoms with E-state index in [4.69, 9.17) is 14.2 Å². The van der Waals surface area contributed by atoms with Crippen molar-refractivity contribution in [3.8, 4) is 5.75 Å². The molecule has 1 rings (SSSR count). The molecule has 8 nitrogen and oxygen atoms in total. The number of nitro groups is 1. The van der Waals surface area contributed by atoms with Gasteiger partial charge >= 0.3 is 12.1 Å². The summed E-state index contributed by atoms with van der Waals surface area (Å²) < 4.78 is 15.7. The maximum absolute atomic E-state index is 12.2. The van der Waals surface area contributed by atoms with Crippen molar-refractivity contribution in [2.24, 2.45) is 0 Å². The van der Waals surface area contributed by atoms with Gasteiger partial charge in [-0.25, -0.2) is 4.79 Å². The fourth-order valence-electron chi connectivity index (χ4n) is 2.99. The van der Waals surface area contributed by atoms with Crippen LogP contribution in [0.4, 0.5) is 10.5 Å². The molecule has 1 unspecified atom stereocenters. The largest absolute Gasteiger partial charge is 0.514 e. The lowest BCUT2D eigenvalue weighted by Gasteiger charge is -2.17. The fourth-order valence-corrected chi connectivity index (χ4v) is 2.99. The van der Waals surface area contributed by atoms with Crippen LogP contribution in [0.1, 0.15) is 84.5 Å². The Kier molecular flexibility index (Phi) is 13.7. The van der Waals surface area contributed by atoms with Crippen molar-refractivity contribution >= 4 is 17.8 Å². The molecule has 0 amide bonds. The molecule has 1 aromatic carbocycles. The second-order valence-corrected chi connectivity index (χ2v) is 7.51. The lowest BCUT2D eigenvalue weighted by Crippen LogP contribution is -2.22. The summed E-state index contributed by atoms with van der Waals surface area (Å²) in [6, 6.07) is 5.19. The van der Waals surface area contributed by atoms with E-state index in [2.05, 4.69) is 6.92 Å². The van der Waals surface area contributed by atoms with Crippen LogP contribution in [0.3, 0.4) is 0 Å². The fraction of sp³-hybridized carbons (Fsp3) is 0.652. The summed E-state index contributed by atoms with van der Waals surface area (Å²) in [7, 11) is 0. The number of ether oxygens (including phenoxy) is 3. The predicted octanol–water partition coefficient (Wildman–Crippen LogP) is 6.35. The van der Waals surface area contributed by atoms with Gasteiger partial charge in [0.25, 0.3) is 5.69 Å². The number of benzene rings is 1. The van der Waals surface area contributed by atoms with Gasteiger partial charge < -0.3 is 14.2 Å². The van der Waals surface area contributed by atoms with Crippen molar-refractivity contribution in [1.29, 1.82) is 0 Å². The SMILES string of the molecule is CCCCCCCCC(CCC(=O)OCCCC)OC(=O)Oc1ccc([N+](=O)[O-])cc1. The molecule has 0 aliphatic heterocycles. The first-order valence-electron chi connectivity index (χ1n) is 11.2. The maximum Gasteiger partial charge on any atom is 0.514 e.